The highest BCUT2D eigenvalue weighted by Gasteiger charge is 2.30. The number of aryl methyl sites for hydroxylation is 2. The van der Waals surface area contributed by atoms with Crippen molar-refractivity contribution in [2.75, 3.05) is 4.31 Å². The Morgan fingerprint density at radius 3 is 2.33 bits per heavy atom. The summed E-state index contributed by atoms with van der Waals surface area (Å²) >= 11 is 0. The molecule has 1 heterocycles. The lowest BCUT2D eigenvalue weighted by Crippen LogP contribution is -2.29. The van der Waals surface area contributed by atoms with Gasteiger partial charge in [0.2, 0.25) is 5.88 Å². The van der Waals surface area contributed by atoms with E-state index in [1.54, 1.807) is 12.1 Å². The molecule has 0 unspecified atom stereocenters. The smallest absolute Gasteiger partial charge is 0.330 e. The van der Waals surface area contributed by atoms with E-state index < -0.39 is 16.1 Å². The first-order valence-electron chi connectivity index (χ1n) is 7.14. The van der Waals surface area contributed by atoms with E-state index in [1.165, 1.54) is 24.3 Å². The number of aliphatic hydroxyl groups is 1. The fourth-order valence-electron chi connectivity index (χ4n) is 2.48. The van der Waals surface area contributed by atoms with Gasteiger partial charge in [-0.3, -0.25) is 0 Å². The van der Waals surface area contributed by atoms with Gasteiger partial charge in [-0.1, -0.05) is 18.2 Å². The highest BCUT2D eigenvalue weighted by Crippen LogP contribution is 2.32. The summed E-state index contributed by atoms with van der Waals surface area (Å²) in [5.41, 5.74) is 1.64. The molecule has 0 saturated carbocycles. The average Bonchev–Trinajstić information content (AvgIpc) is 2.78. The first-order valence-corrected chi connectivity index (χ1v) is 8.58. The summed E-state index contributed by atoms with van der Waals surface area (Å²) in [6.07, 6.45) is 2.11. The maximum atomic E-state index is 13.2. The molecule has 0 fully saturated rings. The molecule has 126 valence electrons. The molecule has 0 radical (unpaired) electrons. The first-order chi connectivity index (χ1) is 11.3. The molecule has 0 bridgehead atoms. The lowest BCUT2D eigenvalue weighted by atomic mass is 10.0. The Hall–Kier alpha value is -2.74. The van der Waals surface area contributed by atoms with E-state index in [0.29, 0.717) is 12.8 Å². The average molecular weight is 350 g/mol. The van der Waals surface area contributed by atoms with E-state index in [0.717, 1.165) is 21.6 Å². The zero-order valence-corrected chi connectivity index (χ0v) is 13.3. The summed E-state index contributed by atoms with van der Waals surface area (Å²) in [7, 11) is -3.95. The van der Waals surface area contributed by atoms with E-state index in [-0.39, 0.29) is 17.3 Å². The molecule has 0 aromatic heterocycles. The number of halogens is 1. The number of benzene rings is 2. The molecule has 24 heavy (non-hydrogen) atoms. The van der Waals surface area contributed by atoms with Crippen molar-refractivity contribution in [1.29, 1.82) is 0 Å². The second-order valence-corrected chi connectivity index (χ2v) is 6.92. The molecule has 1 aliphatic rings. The quantitative estimate of drug-likeness (QED) is 0.789. The molecule has 2 aromatic rings. The van der Waals surface area contributed by atoms with E-state index in [9.17, 15) is 23.0 Å². The van der Waals surface area contributed by atoms with Gasteiger partial charge in [0.1, 0.15) is 17.3 Å². The first kappa shape index (κ1) is 16.1. The Labute approximate surface area is 138 Å². The van der Waals surface area contributed by atoms with Crippen LogP contribution in [0.15, 0.2) is 54.5 Å². The van der Waals surface area contributed by atoms with Gasteiger partial charge in [-0.2, -0.15) is 8.42 Å². The topological polar surface area (TPSA) is 89.9 Å². The molecule has 0 saturated heterocycles. The highest BCUT2D eigenvalue weighted by molar-refractivity contribution is 7.91. The van der Waals surface area contributed by atoms with Crippen molar-refractivity contribution in [3.8, 4) is 5.75 Å². The summed E-state index contributed by atoms with van der Waals surface area (Å²) < 4.78 is 39.4. The van der Waals surface area contributed by atoms with Crippen LogP contribution in [0.25, 0.3) is 0 Å². The largest absolute Gasteiger partial charge is 0.506 e. The van der Waals surface area contributed by atoms with Gasteiger partial charge in [0.25, 0.3) is 0 Å². The minimum absolute atomic E-state index is 0.0288. The van der Waals surface area contributed by atoms with Crippen LogP contribution in [0, 0.1) is 5.82 Å². The van der Waals surface area contributed by atoms with Crippen LogP contribution in [-0.4, -0.2) is 18.6 Å². The van der Waals surface area contributed by atoms with Gasteiger partial charge in [0, 0.05) is 0 Å². The Morgan fingerprint density at radius 1 is 1.04 bits per heavy atom. The number of nitrogens with zero attached hydrogens (tertiary/aromatic N) is 1. The minimum Gasteiger partial charge on any atom is -0.506 e. The predicted octanol–water partition coefficient (Wildman–Crippen LogP) is 2.33. The molecule has 3 rings (SSSR count). The van der Waals surface area contributed by atoms with Crippen LogP contribution in [0.5, 0.6) is 5.75 Å². The van der Waals surface area contributed by atoms with Crippen LogP contribution in [-0.2, 0) is 23.1 Å². The Morgan fingerprint density at radius 2 is 1.75 bits per heavy atom. The number of phenols is 1. The van der Waals surface area contributed by atoms with Crippen molar-refractivity contribution in [1.82, 2.24) is 4.72 Å². The number of rotatable bonds is 4. The van der Waals surface area contributed by atoms with Gasteiger partial charge in [-0.05, 0) is 48.2 Å². The van der Waals surface area contributed by atoms with E-state index >= 15 is 0 Å². The maximum Gasteiger partial charge on any atom is 0.330 e. The lowest BCUT2D eigenvalue weighted by molar-refractivity contribution is 0.392. The van der Waals surface area contributed by atoms with Crippen LogP contribution >= 0.6 is 0 Å². The second-order valence-electron chi connectivity index (χ2n) is 5.37. The molecule has 3 N–H and O–H groups in total. The van der Waals surface area contributed by atoms with Crippen molar-refractivity contribution in [3.05, 3.63) is 71.5 Å². The predicted molar refractivity (Wildman–Crippen MR) is 87.2 cm³/mol. The molecule has 0 amide bonds. The van der Waals surface area contributed by atoms with Crippen molar-refractivity contribution in [3.63, 3.8) is 0 Å². The summed E-state index contributed by atoms with van der Waals surface area (Å²) in [4.78, 5) is 0. The van der Waals surface area contributed by atoms with Crippen molar-refractivity contribution < 1.29 is 23.0 Å². The van der Waals surface area contributed by atoms with Gasteiger partial charge in [-0.15, -0.1) is 0 Å². The van der Waals surface area contributed by atoms with E-state index in [4.69, 9.17) is 0 Å². The van der Waals surface area contributed by atoms with E-state index in [2.05, 4.69) is 0 Å². The summed E-state index contributed by atoms with van der Waals surface area (Å²) in [5, 5.41) is 19.4. The normalized spacial score (nSPS) is 15.9. The monoisotopic (exact) mass is 350 g/mol. The fraction of sp³-hybridized carbons (Fsp3) is 0.125. The second kappa shape index (κ2) is 6.04. The van der Waals surface area contributed by atoms with Crippen LogP contribution in [0.1, 0.15) is 11.1 Å². The molecule has 6 nitrogen and oxygen atoms in total. The highest BCUT2D eigenvalue weighted by atomic mass is 32.2. The van der Waals surface area contributed by atoms with Crippen molar-refractivity contribution >= 4 is 15.9 Å². The number of aromatic hydroxyl groups is 1. The van der Waals surface area contributed by atoms with E-state index in [1.807, 2.05) is 10.8 Å². The molecular formula is C16H15FN2O4S. The van der Waals surface area contributed by atoms with Gasteiger partial charge < -0.3 is 10.2 Å². The van der Waals surface area contributed by atoms with Gasteiger partial charge in [0.15, 0.2) is 0 Å². The molecule has 1 aliphatic heterocycles. The molecule has 2 aromatic carbocycles. The third-order valence-electron chi connectivity index (χ3n) is 3.60. The Kier molecular flexibility index (Phi) is 4.06. The Bertz CT molecular complexity index is 912. The standard InChI is InChI=1S/C16H15FN2O4S/c17-13-3-1-2-11(8-13)4-5-12-6-7-14(15(20)9-12)19-10-16(21)18-24(19,22)23/h1-3,6-10,18,20-21H,4-5H2. The Balaban J connectivity index is 1.78. The zero-order valence-electron chi connectivity index (χ0n) is 12.5. The molecule has 0 aliphatic carbocycles. The maximum absolute atomic E-state index is 13.2. The molecular weight excluding hydrogens is 335 g/mol. The molecule has 0 spiro atoms. The number of aliphatic hydroxyl groups excluding tert-OH is 1. The van der Waals surface area contributed by atoms with Crippen LogP contribution in [0.3, 0.4) is 0 Å². The van der Waals surface area contributed by atoms with Gasteiger partial charge in [-0.25, -0.2) is 13.4 Å². The number of nitrogens with one attached hydrogen (secondary N) is 1. The van der Waals surface area contributed by atoms with Crippen LogP contribution < -0.4 is 9.03 Å². The van der Waals surface area contributed by atoms with Crippen LogP contribution in [0.2, 0.25) is 0 Å². The molecule has 0 atom stereocenters. The third kappa shape index (κ3) is 3.28. The van der Waals surface area contributed by atoms with Crippen LogP contribution in [0.4, 0.5) is 10.1 Å². The minimum atomic E-state index is -3.95. The zero-order chi connectivity index (χ0) is 17.3. The number of phenolic OH excluding ortho intramolecular Hbond substituents is 1. The number of anilines is 1. The fourth-order valence-corrected chi connectivity index (χ4v) is 3.55. The lowest BCUT2D eigenvalue weighted by Gasteiger charge is -2.16. The number of hydrogen-bond acceptors (Lipinski definition) is 4. The SMILES string of the molecule is O=S1(=O)NC(O)=CN1c1ccc(CCc2cccc(F)c2)cc1O. The number of hydrogen-bond donors (Lipinski definition) is 3. The van der Waals surface area contributed by atoms with Crippen molar-refractivity contribution in [2.45, 2.75) is 12.8 Å². The van der Waals surface area contributed by atoms with Crippen molar-refractivity contribution in [2.24, 2.45) is 0 Å². The summed E-state index contributed by atoms with van der Waals surface area (Å²) in [6.45, 7) is 0. The van der Waals surface area contributed by atoms with Gasteiger partial charge in [0.05, 0.1) is 6.20 Å². The summed E-state index contributed by atoms with van der Waals surface area (Å²) in [5.74, 6) is -1.06. The molecule has 8 heteroatoms. The van der Waals surface area contributed by atoms with Gasteiger partial charge >= 0.3 is 10.2 Å². The summed E-state index contributed by atoms with van der Waals surface area (Å²) in [6, 6.07) is 10.8. The third-order valence-corrected chi connectivity index (χ3v) is 4.89.